The second-order valence-electron chi connectivity index (χ2n) is 9.24. The van der Waals surface area contributed by atoms with Crippen molar-refractivity contribution in [1.29, 1.82) is 0 Å². The number of hydrogen-bond acceptors (Lipinski definition) is 8. The van der Waals surface area contributed by atoms with Gasteiger partial charge in [0.2, 0.25) is 5.91 Å². The average molecular weight is 716 g/mol. The molecule has 5 N–H and O–H groups in total. The summed E-state index contributed by atoms with van der Waals surface area (Å²) in [5.41, 5.74) is 2.47. The monoisotopic (exact) mass is 715 g/mol. The van der Waals surface area contributed by atoms with Crippen molar-refractivity contribution in [3.05, 3.63) is 41.0 Å². The van der Waals surface area contributed by atoms with Crippen molar-refractivity contribution >= 4 is 44.9 Å². The lowest BCUT2D eigenvalue weighted by atomic mass is 10.2. The Hall–Kier alpha value is -3.97. The van der Waals surface area contributed by atoms with Crippen LogP contribution in [0.3, 0.4) is 0 Å². The van der Waals surface area contributed by atoms with Gasteiger partial charge in [-0.2, -0.15) is 26.3 Å². The molecule has 0 saturated carbocycles. The molecular formula is C26H28BrF6N5O7. The van der Waals surface area contributed by atoms with E-state index in [9.17, 15) is 36.2 Å². The van der Waals surface area contributed by atoms with Crippen molar-refractivity contribution in [1.82, 2.24) is 25.2 Å². The third-order valence-corrected chi connectivity index (χ3v) is 6.13. The number of aromatic amines is 1. The molecule has 1 aliphatic rings. The number of nitrogens with zero attached hydrogens (tertiary/aromatic N) is 3. The molecule has 2 aromatic heterocycles. The minimum Gasteiger partial charge on any atom is -0.491 e. The fourth-order valence-corrected chi connectivity index (χ4v) is 3.89. The summed E-state index contributed by atoms with van der Waals surface area (Å²) in [4.78, 5) is 43.3. The number of carboxylic acid groups (broad SMARTS) is 2. The van der Waals surface area contributed by atoms with Crippen LogP contribution in [-0.2, 0) is 14.4 Å². The van der Waals surface area contributed by atoms with Gasteiger partial charge in [0.15, 0.2) is 5.65 Å². The van der Waals surface area contributed by atoms with Gasteiger partial charge in [-0.1, -0.05) is 0 Å². The number of aliphatic hydroxyl groups excluding tert-OH is 1. The number of alkyl halides is 6. The number of aromatic nitrogens is 3. The van der Waals surface area contributed by atoms with Crippen LogP contribution >= 0.6 is 15.9 Å². The van der Waals surface area contributed by atoms with Crippen LogP contribution in [0.1, 0.15) is 19.3 Å². The van der Waals surface area contributed by atoms with Crippen molar-refractivity contribution in [3.8, 4) is 17.1 Å². The van der Waals surface area contributed by atoms with Gasteiger partial charge >= 0.3 is 24.3 Å². The number of ether oxygens (including phenoxy) is 1. The van der Waals surface area contributed by atoms with E-state index < -0.39 is 30.4 Å². The number of hydrogen-bond donors (Lipinski definition) is 5. The van der Waals surface area contributed by atoms with Gasteiger partial charge in [0.25, 0.3) is 0 Å². The number of rotatable bonds is 10. The molecule has 1 atom stereocenters. The van der Waals surface area contributed by atoms with Crippen LogP contribution in [0.2, 0.25) is 0 Å². The molecule has 1 saturated heterocycles. The molecule has 0 spiro atoms. The highest BCUT2D eigenvalue weighted by Gasteiger charge is 2.38. The van der Waals surface area contributed by atoms with Gasteiger partial charge in [-0.15, -0.1) is 0 Å². The maximum Gasteiger partial charge on any atom is 0.490 e. The van der Waals surface area contributed by atoms with Crippen molar-refractivity contribution < 1.29 is 60.8 Å². The number of amides is 1. The molecule has 1 aliphatic heterocycles. The number of benzene rings is 1. The lowest BCUT2D eigenvalue weighted by Gasteiger charge is -2.16. The van der Waals surface area contributed by atoms with E-state index in [0.29, 0.717) is 18.7 Å². The van der Waals surface area contributed by atoms with Crippen molar-refractivity contribution in [2.75, 3.05) is 32.8 Å². The van der Waals surface area contributed by atoms with Gasteiger partial charge < -0.3 is 35.3 Å². The number of H-pyrrole nitrogens is 1. The molecule has 1 unspecified atom stereocenters. The number of aliphatic hydroxyl groups is 1. The molecule has 0 bridgehead atoms. The zero-order valence-electron chi connectivity index (χ0n) is 23.2. The maximum atomic E-state index is 11.6. The number of carboxylic acids is 2. The molecule has 1 fully saturated rings. The van der Waals surface area contributed by atoms with Crippen LogP contribution in [0.25, 0.3) is 22.6 Å². The van der Waals surface area contributed by atoms with Crippen LogP contribution in [0.15, 0.2) is 41.0 Å². The number of aliphatic carboxylic acids is 2. The normalized spacial score (nSPS) is 13.9. The zero-order chi connectivity index (χ0) is 33.8. The second kappa shape index (κ2) is 16.9. The van der Waals surface area contributed by atoms with Crippen LogP contribution < -0.4 is 10.1 Å². The highest BCUT2D eigenvalue weighted by Crippen LogP contribution is 2.23. The Kier molecular flexibility index (Phi) is 14.0. The summed E-state index contributed by atoms with van der Waals surface area (Å²) in [7, 11) is 0. The van der Waals surface area contributed by atoms with Crippen molar-refractivity contribution in [2.24, 2.45) is 0 Å². The SMILES string of the molecule is O=C(O)C(F)(F)F.O=C(O)C(F)(F)F.O=C1CCCN1CCCNCC(O)COc1ccc(-c2nc3cc(Br)cnc3[nH]2)cc1. The molecule has 12 nitrogen and oxygen atoms in total. The number of imidazole rings is 1. The van der Waals surface area contributed by atoms with Gasteiger partial charge in [-0.05, 0) is 65.6 Å². The highest BCUT2D eigenvalue weighted by molar-refractivity contribution is 9.10. The van der Waals surface area contributed by atoms with E-state index in [2.05, 4.69) is 36.2 Å². The van der Waals surface area contributed by atoms with E-state index in [1.807, 2.05) is 35.2 Å². The summed E-state index contributed by atoms with van der Waals surface area (Å²) in [5, 5.41) is 27.6. The molecule has 0 radical (unpaired) electrons. The van der Waals surface area contributed by atoms with Gasteiger partial charge in [-0.3, -0.25) is 4.79 Å². The highest BCUT2D eigenvalue weighted by atomic mass is 79.9. The third-order valence-electron chi connectivity index (χ3n) is 5.69. The molecule has 1 aromatic carbocycles. The molecule has 3 aromatic rings. The van der Waals surface area contributed by atoms with Gasteiger partial charge in [0.1, 0.15) is 29.8 Å². The first-order chi connectivity index (χ1) is 21.0. The lowest BCUT2D eigenvalue weighted by molar-refractivity contribution is -0.193. The topological polar surface area (TPSA) is 178 Å². The predicted molar refractivity (Wildman–Crippen MR) is 149 cm³/mol. The van der Waals surface area contributed by atoms with Crippen LogP contribution in [0.4, 0.5) is 26.3 Å². The summed E-state index contributed by atoms with van der Waals surface area (Å²) >= 11 is 3.40. The number of carbonyl (C=O) groups is 3. The fourth-order valence-electron chi connectivity index (χ4n) is 3.57. The Morgan fingerprint density at radius 1 is 1.09 bits per heavy atom. The lowest BCUT2D eigenvalue weighted by Crippen LogP contribution is -2.34. The Bertz CT molecular complexity index is 1400. The first-order valence-corrected chi connectivity index (χ1v) is 13.8. The molecule has 3 heterocycles. The molecule has 0 aliphatic carbocycles. The smallest absolute Gasteiger partial charge is 0.490 e. The van der Waals surface area contributed by atoms with E-state index in [4.69, 9.17) is 24.5 Å². The first kappa shape index (κ1) is 37.2. The quantitative estimate of drug-likeness (QED) is 0.152. The van der Waals surface area contributed by atoms with Crippen LogP contribution in [-0.4, -0.2) is 104 Å². The number of halogens is 7. The van der Waals surface area contributed by atoms with E-state index in [1.54, 1.807) is 6.20 Å². The molecule has 1 amide bonds. The van der Waals surface area contributed by atoms with Crippen molar-refractivity contribution in [2.45, 2.75) is 37.7 Å². The molecule has 19 heteroatoms. The number of likely N-dealkylation sites (tertiary alicyclic amines) is 1. The zero-order valence-corrected chi connectivity index (χ0v) is 24.7. The third kappa shape index (κ3) is 13.3. The fraction of sp³-hybridized carbons (Fsp3) is 0.423. The number of fused-ring (bicyclic) bond motifs is 1. The number of pyridine rings is 1. The van der Waals surface area contributed by atoms with E-state index >= 15 is 0 Å². The standard InChI is InChI=1S/C22H26BrN5O3.2C2HF3O2/c23-16-11-19-22(25-12-16)27-21(26-19)15-4-6-18(7-5-15)31-14-17(29)13-24-8-2-10-28-9-1-3-20(28)30;2*3-2(4,5)1(6)7/h4-7,11-12,17,24,29H,1-3,8-10,13-14H2,(H,25,26,27);2*(H,6,7). The number of nitrogens with one attached hydrogen (secondary N) is 2. The molecule has 4 rings (SSSR count). The van der Waals surface area contributed by atoms with Gasteiger partial charge in [-0.25, -0.2) is 19.6 Å². The average Bonchev–Trinajstić information content (AvgIpc) is 3.57. The second-order valence-corrected chi connectivity index (χ2v) is 10.2. The maximum absolute atomic E-state index is 11.6. The summed E-state index contributed by atoms with van der Waals surface area (Å²) in [6.07, 6.45) is -6.51. The van der Waals surface area contributed by atoms with Gasteiger partial charge in [0.05, 0.1) is 0 Å². The Labute approximate surface area is 259 Å². The summed E-state index contributed by atoms with van der Waals surface area (Å²) in [6.45, 7) is 3.08. The van der Waals surface area contributed by atoms with E-state index in [1.165, 1.54) is 0 Å². The number of carbonyl (C=O) groups excluding carboxylic acids is 1. The summed E-state index contributed by atoms with van der Waals surface area (Å²) in [5.74, 6) is -3.83. The Morgan fingerprint density at radius 3 is 2.22 bits per heavy atom. The largest absolute Gasteiger partial charge is 0.491 e. The molecular weight excluding hydrogens is 688 g/mol. The minimum absolute atomic E-state index is 0.208. The Morgan fingerprint density at radius 2 is 1.69 bits per heavy atom. The summed E-state index contributed by atoms with van der Waals surface area (Å²) in [6, 6.07) is 9.48. The van der Waals surface area contributed by atoms with Crippen molar-refractivity contribution in [3.63, 3.8) is 0 Å². The Balaban J connectivity index is 0.000000421. The van der Waals surface area contributed by atoms with E-state index in [0.717, 1.165) is 59.5 Å². The van der Waals surface area contributed by atoms with Gasteiger partial charge in [0, 0.05) is 42.3 Å². The first-order valence-electron chi connectivity index (χ1n) is 13.0. The molecule has 45 heavy (non-hydrogen) atoms. The van der Waals surface area contributed by atoms with Crippen LogP contribution in [0, 0.1) is 0 Å². The molecule has 248 valence electrons. The van der Waals surface area contributed by atoms with E-state index in [-0.39, 0.29) is 12.5 Å². The minimum atomic E-state index is -5.08. The van der Waals surface area contributed by atoms with Crippen LogP contribution in [0.5, 0.6) is 5.75 Å². The summed E-state index contributed by atoms with van der Waals surface area (Å²) < 4.78 is 70.1. The predicted octanol–water partition coefficient (Wildman–Crippen LogP) is 4.00.